The van der Waals surface area contributed by atoms with Crippen LogP contribution in [-0.4, -0.2) is 9.78 Å². The van der Waals surface area contributed by atoms with Crippen LogP contribution in [-0.2, 0) is 7.05 Å². The molecule has 0 aliphatic carbocycles. The van der Waals surface area contributed by atoms with Crippen LogP contribution in [0.2, 0.25) is 0 Å². The molecular weight excluding hydrogens is 212 g/mol. The lowest BCUT2D eigenvalue weighted by molar-refractivity contribution is 0.346. The monoisotopic (exact) mass is 238 g/mol. The van der Waals surface area contributed by atoms with E-state index in [1.54, 1.807) is 0 Å². The summed E-state index contributed by atoms with van der Waals surface area (Å²) in [4.78, 5) is 0. The van der Waals surface area contributed by atoms with Crippen LogP contribution < -0.4 is 11.3 Å². The standard InChI is InChI=1S/C13H26N4/c1-4-6-7-11(5-2)10-12(16-14)13-8-9-15-17(13)3/h8-9,11-12,16H,4-7,10,14H2,1-3H3. The second kappa shape index (κ2) is 7.45. The van der Waals surface area contributed by atoms with E-state index in [2.05, 4.69) is 24.4 Å². The van der Waals surface area contributed by atoms with Crippen LogP contribution in [0.3, 0.4) is 0 Å². The Morgan fingerprint density at radius 3 is 2.71 bits per heavy atom. The van der Waals surface area contributed by atoms with Crippen molar-refractivity contribution < 1.29 is 0 Å². The van der Waals surface area contributed by atoms with Gasteiger partial charge in [-0.25, -0.2) is 0 Å². The zero-order valence-electron chi connectivity index (χ0n) is 11.3. The molecule has 98 valence electrons. The smallest absolute Gasteiger partial charge is 0.0631 e. The van der Waals surface area contributed by atoms with Crippen molar-refractivity contribution in [2.45, 2.75) is 52.0 Å². The zero-order valence-corrected chi connectivity index (χ0v) is 11.3. The first kappa shape index (κ1) is 14.2. The predicted octanol–water partition coefficient (Wildman–Crippen LogP) is 2.53. The van der Waals surface area contributed by atoms with Gasteiger partial charge in [-0.3, -0.25) is 16.0 Å². The van der Waals surface area contributed by atoms with E-state index in [1.807, 2.05) is 24.0 Å². The summed E-state index contributed by atoms with van der Waals surface area (Å²) >= 11 is 0. The molecule has 3 N–H and O–H groups in total. The molecule has 0 aliphatic rings. The van der Waals surface area contributed by atoms with Crippen LogP contribution >= 0.6 is 0 Å². The average Bonchev–Trinajstić information content (AvgIpc) is 2.76. The molecule has 0 amide bonds. The lowest BCUT2D eigenvalue weighted by Gasteiger charge is -2.22. The lowest BCUT2D eigenvalue weighted by atomic mass is 9.91. The molecule has 1 heterocycles. The van der Waals surface area contributed by atoms with Crippen LogP contribution in [0.15, 0.2) is 12.3 Å². The normalized spacial score (nSPS) is 14.8. The molecule has 4 nitrogen and oxygen atoms in total. The molecule has 0 saturated heterocycles. The highest BCUT2D eigenvalue weighted by Gasteiger charge is 2.18. The number of nitrogens with one attached hydrogen (secondary N) is 1. The van der Waals surface area contributed by atoms with Gasteiger partial charge in [0.25, 0.3) is 0 Å². The van der Waals surface area contributed by atoms with Gasteiger partial charge in [-0.1, -0.05) is 39.5 Å². The molecule has 0 aliphatic heterocycles. The minimum absolute atomic E-state index is 0.212. The van der Waals surface area contributed by atoms with Crippen LogP contribution in [0.25, 0.3) is 0 Å². The summed E-state index contributed by atoms with van der Waals surface area (Å²) in [5.74, 6) is 6.41. The summed E-state index contributed by atoms with van der Waals surface area (Å²) in [6.45, 7) is 4.50. The summed E-state index contributed by atoms with van der Waals surface area (Å²) in [6, 6.07) is 2.25. The molecule has 4 heteroatoms. The van der Waals surface area contributed by atoms with Gasteiger partial charge < -0.3 is 0 Å². The highest BCUT2D eigenvalue weighted by atomic mass is 15.3. The third kappa shape index (κ3) is 4.13. The topological polar surface area (TPSA) is 55.9 Å². The van der Waals surface area contributed by atoms with Gasteiger partial charge in [-0.2, -0.15) is 5.10 Å². The van der Waals surface area contributed by atoms with E-state index in [0.717, 1.165) is 12.3 Å². The van der Waals surface area contributed by atoms with Crippen molar-refractivity contribution in [2.24, 2.45) is 18.8 Å². The number of hydrogen-bond acceptors (Lipinski definition) is 3. The lowest BCUT2D eigenvalue weighted by Crippen LogP contribution is -2.31. The Labute approximate surface area is 105 Å². The molecule has 0 aromatic carbocycles. The van der Waals surface area contributed by atoms with E-state index in [0.29, 0.717) is 0 Å². The van der Waals surface area contributed by atoms with E-state index >= 15 is 0 Å². The highest BCUT2D eigenvalue weighted by molar-refractivity contribution is 5.06. The fourth-order valence-corrected chi connectivity index (χ4v) is 2.31. The Morgan fingerprint density at radius 2 is 2.24 bits per heavy atom. The first-order valence-corrected chi connectivity index (χ1v) is 6.66. The predicted molar refractivity (Wildman–Crippen MR) is 71.2 cm³/mol. The van der Waals surface area contributed by atoms with Crippen molar-refractivity contribution in [3.8, 4) is 0 Å². The Hall–Kier alpha value is -0.870. The van der Waals surface area contributed by atoms with Crippen molar-refractivity contribution in [3.05, 3.63) is 18.0 Å². The van der Waals surface area contributed by atoms with Crippen LogP contribution in [0.1, 0.15) is 57.7 Å². The average molecular weight is 238 g/mol. The number of hydrazine groups is 1. The molecule has 0 bridgehead atoms. The summed E-state index contributed by atoms with van der Waals surface area (Å²) in [5.41, 5.74) is 4.09. The van der Waals surface area contributed by atoms with Gasteiger partial charge in [0.05, 0.1) is 11.7 Å². The number of nitrogens with two attached hydrogens (primary N) is 1. The van der Waals surface area contributed by atoms with Crippen molar-refractivity contribution >= 4 is 0 Å². The van der Waals surface area contributed by atoms with Gasteiger partial charge >= 0.3 is 0 Å². The summed E-state index contributed by atoms with van der Waals surface area (Å²) in [6.07, 6.45) is 8.00. The molecule has 2 unspecified atom stereocenters. The summed E-state index contributed by atoms with van der Waals surface area (Å²) < 4.78 is 1.90. The summed E-state index contributed by atoms with van der Waals surface area (Å²) in [7, 11) is 1.96. The number of aryl methyl sites for hydroxylation is 1. The van der Waals surface area contributed by atoms with Gasteiger partial charge in [0.15, 0.2) is 0 Å². The molecule has 2 atom stereocenters. The SMILES string of the molecule is CCCCC(CC)CC(NN)c1ccnn1C. The number of nitrogens with zero attached hydrogens (tertiary/aromatic N) is 2. The Balaban J connectivity index is 2.59. The van der Waals surface area contributed by atoms with E-state index in [4.69, 9.17) is 5.84 Å². The zero-order chi connectivity index (χ0) is 12.7. The fraction of sp³-hybridized carbons (Fsp3) is 0.769. The molecule has 1 aromatic heterocycles. The van der Waals surface area contributed by atoms with Crippen LogP contribution in [0.5, 0.6) is 0 Å². The minimum atomic E-state index is 0.212. The number of aromatic nitrogens is 2. The first-order valence-electron chi connectivity index (χ1n) is 6.66. The van der Waals surface area contributed by atoms with E-state index in [9.17, 15) is 0 Å². The maximum Gasteiger partial charge on any atom is 0.0631 e. The second-order valence-electron chi connectivity index (χ2n) is 4.75. The molecule has 0 saturated carbocycles. The fourth-order valence-electron chi connectivity index (χ4n) is 2.31. The third-order valence-corrected chi connectivity index (χ3v) is 3.53. The molecule has 0 spiro atoms. The molecule has 1 rings (SSSR count). The van der Waals surface area contributed by atoms with Gasteiger partial charge in [-0.15, -0.1) is 0 Å². The van der Waals surface area contributed by atoms with Gasteiger partial charge in [-0.05, 0) is 18.4 Å². The highest BCUT2D eigenvalue weighted by Crippen LogP contribution is 2.25. The second-order valence-corrected chi connectivity index (χ2v) is 4.75. The van der Waals surface area contributed by atoms with Gasteiger partial charge in [0.1, 0.15) is 0 Å². The van der Waals surface area contributed by atoms with Crippen molar-refractivity contribution in [1.29, 1.82) is 0 Å². The number of hydrogen-bond donors (Lipinski definition) is 2. The quantitative estimate of drug-likeness (QED) is 0.540. The third-order valence-electron chi connectivity index (χ3n) is 3.53. The molecule has 1 aromatic rings. The van der Waals surface area contributed by atoms with Gasteiger partial charge in [0, 0.05) is 13.2 Å². The minimum Gasteiger partial charge on any atom is -0.271 e. The largest absolute Gasteiger partial charge is 0.271 e. The van der Waals surface area contributed by atoms with Crippen molar-refractivity contribution in [1.82, 2.24) is 15.2 Å². The van der Waals surface area contributed by atoms with E-state index < -0.39 is 0 Å². The molecule has 0 fully saturated rings. The van der Waals surface area contributed by atoms with Crippen molar-refractivity contribution in [2.75, 3.05) is 0 Å². The first-order chi connectivity index (χ1) is 8.22. The van der Waals surface area contributed by atoms with Crippen LogP contribution in [0, 0.1) is 5.92 Å². The van der Waals surface area contributed by atoms with Crippen LogP contribution in [0.4, 0.5) is 0 Å². The van der Waals surface area contributed by atoms with E-state index in [-0.39, 0.29) is 6.04 Å². The Morgan fingerprint density at radius 1 is 1.47 bits per heavy atom. The number of rotatable bonds is 8. The van der Waals surface area contributed by atoms with Crippen molar-refractivity contribution in [3.63, 3.8) is 0 Å². The molecule has 0 radical (unpaired) electrons. The summed E-state index contributed by atoms with van der Waals surface area (Å²) in [5, 5.41) is 4.20. The Bertz CT molecular complexity index is 308. The number of unbranched alkanes of at least 4 members (excludes halogenated alkanes) is 1. The molecule has 17 heavy (non-hydrogen) atoms. The molecular formula is C13H26N4. The Kier molecular flexibility index (Phi) is 6.22. The maximum atomic E-state index is 5.67. The van der Waals surface area contributed by atoms with E-state index in [1.165, 1.54) is 31.4 Å². The van der Waals surface area contributed by atoms with Gasteiger partial charge in [0.2, 0.25) is 0 Å². The maximum absolute atomic E-state index is 5.67.